The maximum absolute atomic E-state index is 5.97. The van der Waals surface area contributed by atoms with Crippen LogP contribution in [0.4, 0.5) is 0 Å². The number of halogens is 3. The lowest BCUT2D eigenvalue weighted by Gasteiger charge is -2.04. The van der Waals surface area contributed by atoms with Crippen LogP contribution < -0.4 is 0 Å². The normalized spacial score (nSPS) is 10.4. The number of rotatable bonds is 2. The smallest absolute Gasteiger partial charge is 0.147 e. The van der Waals surface area contributed by atoms with Crippen LogP contribution in [-0.4, -0.2) is 15.0 Å². The molecule has 0 aromatic carbocycles. The fraction of sp³-hybridized carbons (Fsp3) is 0. The van der Waals surface area contributed by atoms with Crippen LogP contribution in [-0.2, 0) is 0 Å². The molecule has 0 unspecified atom stereocenters. The van der Waals surface area contributed by atoms with Crippen LogP contribution in [0.15, 0.2) is 34.7 Å². The summed E-state index contributed by atoms with van der Waals surface area (Å²) in [5.74, 6) is 0. The minimum absolute atomic E-state index is 0.344. The van der Waals surface area contributed by atoms with E-state index in [1.807, 2.05) is 0 Å². The van der Waals surface area contributed by atoms with Gasteiger partial charge in [-0.2, -0.15) is 0 Å². The van der Waals surface area contributed by atoms with Crippen LogP contribution >= 0.6 is 46.6 Å². The van der Waals surface area contributed by atoms with Gasteiger partial charge in [-0.1, -0.05) is 46.6 Å². The van der Waals surface area contributed by atoms with Crippen molar-refractivity contribution in [1.82, 2.24) is 15.0 Å². The molecule has 3 nitrogen and oxygen atoms in total. The molecule has 16 heavy (non-hydrogen) atoms. The fourth-order valence-corrected chi connectivity index (χ4v) is 2.37. The molecule has 7 heteroatoms. The van der Waals surface area contributed by atoms with E-state index in [1.54, 1.807) is 6.20 Å². The summed E-state index contributed by atoms with van der Waals surface area (Å²) in [4.78, 5) is 12.6. The van der Waals surface area contributed by atoms with Crippen molar-refractivity contribution in [2.24, 2.45) is 0 Å². The monoisotopic (exact) mass is 291 g/mol. The zero-order chi connectivity index (χ0) is 11.5. The highest BCUT2D eigenvalue weighted by atomic mass is 35.5. The molecule has 0 fully saturated rings. The molecule has 0 N–H and O–H groups in total. The van der Waals surface area contributed by atoms with E-state index in [9.17, 15) is 0 Å². The van der Waals surface area contributed by atoms with Gasteiger partial charge in [0.2, 0.25) is 0 Å². The van der Waals surface area contributed by atoms with Crippen LogP contribution in [0, 0.1) is 0 Å². The molecule has 0 saturated carbocycles. The van der Waals surface area contributed by atoms with Crippen molar-refractivity contribution in [3.05, 3.63) is 40.0 Å². The Hall–Kier alpha value is -0.550. The highest BCUT2D eigenvalue weighted by Gasteiger charge is 2.09. The average molecular weight is 293 g/mol. The highest BCUT2D eigenvalue weighted by Crippen LogP contribution is 2.36. The van der Waals surface area contributed by atoms with E-state index in [0.29, 0.717) is 25.1 Å². The van der Waals surface area contributed by atoms with Crippen LogP contribution in [0.25, 0.3) is 0 Å². The number of hydrogen-bond donors (Lipinski definition) is 0. The Morgan fingerprint density at radius 2 is 1.56 bits per heavy atom. The van der Waals surface area contributed by atoms with Crippen LogP contribution in [0.2, 0.25) is 15.2 Å². The average Bonchev–Trinajstić information content (AvgIpc) is 2.26. The minimum atomic E-state index is 0.344. The van der Waals surface area contributed by atoms with Gasteiger partial charge in [0.05, 0.1) is 27.3 Å². The molecule has 0 aliphatic carbocycles. The predicted molar refractivity (Wildman–Crippen MR) is 65.4 cm³/mol. The highest BCUT2D eigenvalue weighted by molar-refractivity contribution is 7.99. The Kier molecular flexibility index (Phi) is 3.86. The quantitative estimate of drug-likeness (QED) is 0.839. The molecule has 2 aromatic rings. The van der Waals surface area contributed by atoms with Crippen LogP contribution in [0.1, 0.15) is 0 Å². The van der Waals surface area contributed by atoms with Gasteiger partial charge in [0.25, 0.3) is 0 Å². The number of pyridine rings is 1. The van der Waals surface area contributed by atoms with Gasteiger partial charge >= 0.3 is 0 Å². The maximum atomic E-state index is 5.97. The van der Waals surface area contributed by atoms with E-state index in [4.69, 9.17) is 34.8 Å². The Bertz CT molecular complexity index is 484. The standard InChI is InChI=1S/C9H4Cl3N3S/c10-5-1-13-2-6(11)9(5)16-8-4-14-7(12)3-15-8/h1-4H. The third-order valence-corrected chi connectivity index (χ3v) is 3.67. The fourth-order valence-electron chi connectivity index (χ4n) is 0.955. The zero-order valence-corrected chi connectivity index (χ0v) is 10.8. The lowest BCUT2D eigenvalue weighted by atomic mass is 10.5. The van der Waals surface area contributed by atoms with Crippen molar-refractivity contribution in [2.45, 2.75) is 9.92 Å². The Balaban J connectivity index is 2.30. The van der Waals surface area contributed by atoms with Crippen molar-refractivity contribution in [2.75, 3.05) is 0 Å². The van der Waals surface area contributed by atoms with E-state index in [2.05, 4.69) is 15.0 Å². The van der Waals surface area contributed by atoms with Gasteiger partial charge in [-0.15, -0.1) is 0 Å². The van der Waals surface area contributed by atoms with Crippen molar-refractivity contribution in [3.8, 4) is 0 Å². The molecule has 0 saturated heterocycles. The molecule has 0 bridgehead atoms. The summed E-state index contributed by atoms with van der Waals surface area (Å²) >= 11 is 18.9. The third kappa shape index (κ3) is 2.77. The van der Waals surface area contributed by atoms with Gasteiger partial charge in [0, 0.05) is 12.4 Å². The van der Waals surface area contributed by atoms with E-state index >= 15 is 0 Å². The van der Waals surface area contributed by atoms with Gasteiger partial charge in [0.15, 0.2) is 0 Å². The number of hydrogen-bond acceptors (Lipinski definition) is 4. The third-order valence-electron chi connectivity index (χ3n) is 1.61. The van der Waals surface area contributed by atoms with Crippen LogP contribution in [0.3, 0.4) is 0 Å². The number of nitrogens with zero attached hydrogens (tertiary/aromatic N) is 3. The van der Waals surface area contributed by atoms with E-state index in [1.165, 1.54) is 30.4 Å². The largest absolute Gasteiger partial charge is 0.262 e. The summed E-state index contributed by atoms with van der Waals surface area (Å²) in [7, 11) is 0. The first-order valence-electron chi connectivity index (χ1n) is 4.11. The first-order valence-corrected chi connectivity index (χ1v) is 6.06. The molecular weight excluding hydrogens is 289 g/mol. The summed E-state index contributed by atoms with van der Waals surface area (Å²) < 4.78 is 0. The zero-order valence-electron chi connectivity index (χ0n) is 7.69. The summed E-state index contributed by atoms with van der Waals surface area (Å²) in [6.07, 6.45) is 6.07. The van der Waals surface area contributed by atoms with Crippen molar-refractivity contribution >= 4 is 46.6 Å². The molecule has 0 spiro atoms. The summed E-state index contributed by atoms with van der Waals surface area (Å²) in [5.41, 5.74) is 0. The summed E-state index contributed by atoms with van der Waals surface area (Å²) in [6, 6.07) is 0. The second-order valence-corrected chi connectivity index (χ2v) is 4.94. The van der Waals surface area contributed by atoms with Crippen molar-refractivity contribution in [3.63, 3.8) is 0 Å². The van der Waals surface area contributed by atoms with Crippen molar-refractivity contribution < 1.29 is 0 Å². The topological polar surface area (TPSA) is 38.7 Å². The molecule has 2 heterocycles. The van der Waals surface area contributed by atoms with Gasteiger partial charge in [-0.05, 0) is 0 Å². The Morgan fingerprint density at radius 1 is 0.875 bits per heavy atom. The Morgan fingerprint density at radius 3 is 2.12 bits per heavy atom. The van der Waals surface area contributed by atoms with Gasteiger partial charge in [0.1, 0.15) is 10.2 Å². The molecule has 0 amide bonds. The van der Waals surface area contributed by atoms with E-state index in [-0.39, 0.29) is 0 Å². The molecule has 82 valence electrons. The molecule has 2 aromatic heterocycles. The van der Waals surface area contributed by atoms with Crippen molar-refractivity contribution in [1.29, 1.82) is 0 Å². The lowest BCUT2D eigenvalue weighted by molar-refractivity contribution is 1.05. The van der Waals surface area contributed by atoms with Crippen LogP contribution in [0.5, 0.6) is 0 Å². The minimum Gasteiger partial charge on any atom is -0.262 e. The van der Waals surface area contributed by atoms with E-state index < -0.39 is 0 Å². The van der Waals surface area contributed by atoms with Gasteiger partial charge in [-0.3, -0.25) is 4.98 Å². The Labute approximate surface area is 111 Å². The van der Waals surface area contributed by atoms with Gasteiger partial charge in [-0.25, -0.2) is 9.97 Å². The second-order valence-electron chi connectivity index (χ2n) is 2.71. The second kappa shape index (κ2) is 5.19. The molecule has 0 aliphatic rings. The predicted octanol–water partition coefficient (Wildman–Crippen LogP) is 3.98. The van der Waals surface area contributed by atoms with Gasteiger partial charge < -0.3 is 0 Å². The maximum Gasteiger partial charge on any atom is 0.147 e. The summed E-state index contributed by atoms with van der Waals surface area (Å²) in [6.45, 7) is 0. The molecule has 0 radical (unpaired) electrons. The molecule has 2 rings (SSSR count). The number of aromatic nitrogens is 3. The molecule has 0 aliphatic heterocycles. The summed E-state index contributed by atoms with van der Waals surface area (Å²) in [5, 5.41) is 1.97. The molecule has 0 atom stereocenters. The SMILES string of the molecule is Clc1cnc(Sc2c(Cl)cncc2Cl)cn1. The first-order chi connectivity index (χ1) is 7.66. The van der Waals surface area contributed by atoms with E-state index in [0.717, 1.165) is 0 Å². The first kappa shape index (κ1) is 11.9. The molecular formula is C9H4Cl3N3S. The lowest BCUT2D eigenvalue weighted by Crippen LogP contribution is -1.85.